The quantitative estimate of drug-likeness (QED) is 0.811. The second-order valence-corrected chi connectivity index (χ2v) is 6.30. The van der Waals surface area contributed by atoms with Gasteiger partial charge < -0.3 is 10.8 Å². The van der Waals surface area contributed by atoms with Crippen molar-refractivity contribution in [3.8, 4) is 0 Å². The molecule has 1 aliphatic rings. The molecule has 1 aromatic rings. The number of benzene rings is 1. The van der Waals surface area contributed by atoms with Crippen LogP contribution in [0.4, 0.5) is 0 Å². The maximum atomic E-state index is 10.4. The Morgan fingerprint density at radius 2 is 2.10 bits per heavy atom. The van der Waals surface area contributed by atoms with Crippen molar-refractivity contribution < 1.29 is 5.11 Å². The zero-order chi connectivity index (χ0) is 15.1. The van der Waals surface area contributed by atoms with E-state index in [9.17, 15) is 5.11 Å². The summed E-state index contributed by atoms with van der Waals surface area (Å²) in [5.74, 6) is 0.688. The summed E-state index contributed by atoms with van der Waals surface area (Å²) in [7, 11) is 0. The van der Waals surface area contributed by atoms with Crippen molar-refractivity contribution in [1.82, 2.24) is 4.90 Å². The predicted molar refractivity (Wildman–Crippen MR) is 88.2 cm³/mol. The number of aliphatic hydroxyl groups excluding tert-OH is 1. The molecule has 0 aliphatic carbocycles. The summed E-state index contributed by atoms with van der Waals surface area (Å²) < 4.78 is 0. The Morgan fingerprint density at radius 1 is 1.33 bits per heavy atom. The lowest BCUT2D eigenvalue weighted by molar-refractivity contribution is 0.00702. The van der Waals surface area contributed by atoms with E-state index in [2.05, 4.69) is 42.2 Å². The summed E-state index contributed by atoms with van der Waals surface area (Å²) in [5, 5.41) is 10.4. The summed E-state index contributed by atoms with van der Waals surface area (Å²) in [6.45, 7) is 4.93. The SMILES string of the molecule is CC[C@H](O)[C@H]1C[C@@H](Cc2ccccc2)CCN1CCCN. The van der Waals surface area contributed by atoms with E-state index in [1.807, 2.05) is 0 Å². The highest BCUT2D eigenvalue weighted by molar-refractivity contribution is 5.15. The molecule has 3 heteroatoms. The van der Waals surface area contributed by atoms with E-state index in [1.165, 1.54) is 12.0 Å². The van der Waals surface area contributed by atoms with Crippen LogP contribution in [0.15, 0.2) is 30.3 Å². The van der Waals surface area contributed by atoms with Gasteiger partial charge in [0.15, 0.2) is 0 Å². The number of aliphatic hydroxyl groups is 1. The first-order chi connectivity index (χ1) is 10.2. The van der Waals surface area contributed by atoms with Crippen LogP contribution in [0, 0.1) is 5.92 Å². The van der Waals surface area contributed by atoms with Crippen LogP contribution in [0.1, 0.15) is 38.2 Å². The molecule has 21 heavy (non-hydrogen) atoms. The molecule has 1 aromatic carbocycles. The molecule has 1 aliphatic heterocycles. The van der Waals surface area contributed by atoms with Crippen LogP contribution >= 0.6 is 0 Å². The highest BCUT2D eigenvalue weighted by Gasteiger charge is 2.32. The average Bonchev–Trinajstić information content (AvgIpc) is 2.53. The lowest BCUT2D eigenvalue weighted by Gasteiger charge is -2.42. The van der Waals surface area contributed by atoms with Gasteiger partial charge in [0.2, 0.25) is 0 Å². The Kier molecular flexibility index (Phi) is 6.68. The molecular weight excluding hydrogens is 260 g/mol. The molecule has 3 N–H and O–H groups in total. The Bertz CT molecular complexity index is 395. The van der Waals surface area contributed by atoms with Gasteiger partial charge in [-0.15, -0.1) is 0 Å². The minimum Gasteiger partial charge on any atom is -0.392 e. The lowest BCUT2D eigenvalue weighted by Crippen LogP contribution is -2.49. The minimum atomic E-state index is -0.207. The fourth-order valence-electron chi connectivity index (χ4n) is 3.50. The standard InChI is InChI=1S/C18H30N2O/c1-2-18(21)17-14-16(9-12-20(17)11-6-10-19)13-15-7-4-3-5-8-15/h3-5,7-8,16-18,21H,2,6,9-14,19H2,1H3/t16-,17-,18+/m1/s1. The summed E-state index contributed by atoms with van der Waals surface area (Å²) in [6, 6.07) is 11.0. The van der Waals surface area contributed by atoms with Crippen molar-refractivity contribution in [2.45, 2.75) is 51.2 Å². The zero-order valence-corrected chi connectivity index (χ0v) is 13.2. The van der Waals surface area contributed by atoms with Crippen molar-refractivity contribution in [2.75, 3.05) is 19.6 Å². The Hall–Kier alpha value is -0.900. The van der Waals surface area contributed by atoms with Gasteiger partial charge in [-0.1, -0.05) is 37.3 Å². The van der Waals surface area contributed by atoms with Crippen LogP contribution in [0.2, 0.25) is 0 Å². The molecular formula is C18H30N2O. The summed E-state index contributed by atoms with van der Waals surface area (Å²) >= 11 is 0. The normalized spacial score (nSPS) is 24.9. The molecule has 1 saturated heterocycles. The molecule has 1 fully saturated rings. The minimum absolute atomic E-state index is 0.207. The fourth-order valence-corrected chi connectivity index (χ4v) is 3.50. The molecule has 0 unspecified atom stereocenters. The molecule has 118 valence electrons. The number of rotatable bonds is 7. The van der Waals surface area contributed by atoms with E-state index in [-0.39, 0.29) is 6.10 Å². The highest BCUT2D eigenvalue weighted by atomic mass is 16.3. The van der Waals surface area contributed by atoms with E-state index >= 15 is 0 Å². The first-order valence-electron chi connectivity index (χ1n) is 8.40. The topological polar surface area (TPSA) is 49.5 Å². The first kappa shape index (κ1) is 16.5. The highest BCUT2D eigenvalue weighted by Crippen LogP contribution is 2.28. The van der Waals surface area contributed by atoms with Crippen molar-refractivity contribution >= 4 is 0 Å². The summed E-state index contributed by atoms with van der Waals surface area (Å²) in [5.41, 5.74) is 7.06. The maximum Gasteiger partial charge on any atom is 0.0692 e. The molecule has 2 rings (SSSR count). The Morgan fingerprint density at radius 3 is 2.76 bits per heavy atom. The molecule has 0 amide bonds. The van der Waals surface area contributed by atoms with Gasteiger partial charge in [-0.05, 0) is 63.2 Å². The third-order valence-electron chi connectivity index (χ3n) is 4.75. The summed E-state index contributed by atoms with van der Waals surface area (Å²) in [4.78, 5) is 2.46. The summed E-state index contributed by atoms with van der Waals surface area (Å²) in [6.07, 6.45) is 5.12. The third-order valence-corrected chi connectivity index (χ3v) is 4.75. The monoisotopic (exact) mass is 290 g/mol. The van der Waals surface area contributed by atoms with Crippen molar-refractivity contribution in [1.29, 1.82) is 0 Å². The number of hydrogen-bond donors (Lipinski definition) is 2. The van der Waals surface area contributed by atoms with E-state index in [1.54, 1.807) is 0 Å². The van der Waals surface area contributed by atoms with Crippen LogP contribution in [0.5, 0.6) is 0 Å². The van der Waals surface area contributed by atoms with Crippen molar-refractivity contribution in [2.24, 2.45) is 11.7 Å². The van der Waals surface area contributed by atoms with Gasteiger partial charge in [0.05, 0.1) is 6.10 Å². The second-order valence-electron chi connectivity index (χ2n) is 6.30. The van der Waals surface area contributed by atoms with Gasteiger partial charge in [-0.25, -0.2) is 0 Å². The predicted octanol–water partition coefficient (Wildman–Crippen LogP) is 2.43. The lowest BCUT2D eigenvalue weighted by atomic mass is 9.83. The van der Waals surface area contributed by atoms with Crippen LogP contribution in [0.3, 0.4) is 0 Å². The van der Waals surface area contributed by atoms with Gasteiger partial charge in [0, 0.05) is 6.04 Å². The average molecular weight is 290 g/mol. The first-order valence-corrected chi connectivity index (χ1v) is 8.40. The van der Waals surface area contributed by atoms with Crippen molar-refractivity contribution in [3.05, 3.63) is 35.9 Å². The van der Waals surface area contributed by atoms with Crippen LogP contribution in [-0.2, 0) is 6.42 Å². The van der Waals surface area contributed by atoms with E-state index < -0.39 is 0 Å². The largest absolute Gasteiger partial charge is 0.392 e. The maximum absolute atomic E-state index is 10.4. The number of nitrogens with two attached hydrogens (primary N) is 1. The molecule has 3 atom stereocenters. The molecule has 0 bridgehead atoms. The zero-order valence-electron chi connectivity index (χ0n) is 13.2. The molecule has 0 aromatic heterocycles. The van der Waals surface area contributed by atoms with E-state index in [4.69, 9.17) is 5.73 Å². The Balaban J connectivity index is 1.95. The van der Waals surface area contributed by atoms with Gasteiger partial charge in [0.1, 0.15) is 0 Å². The number of piperidine rings is 1. The van der Waals surface area contributed by atoms with Gasteiger partial charge >= 0.3 is 0 Å². The second kappa shape index (κ2) is 8.52. The molecule has 0 radical (unpaired) electrons. The van der Waals surface area contributed by atoms with E-state index in [0.29, 0.717) is 12.0 Å². The number of likely N-dealkylation sites (tertiary alicyclic amines) is 1. The van der Waals surface area contributed by atoms with Crippen LogP contribution in [0.25, 0.3) is 0 Å². The smallest absolute Gasteiger partial charge is 0.0692 e. The van der Waals surface area contributed by atoms with Gasteiger partial charge in [0.25, 0.3) is 0 Å². The fraction of sp³-hybridized carbons (Fsp3) is 0.667. The van der Waals surface area contributed by atoms with Crippen molar-refractivity contribution in [3.63, 3.8) is 0 Å². The molecule has 0 saturated carbocycles. The van der Waals surface area contributed by atoms with Crippen LogP contribution < -0.4 is 5.73 Å². The van der Waals surface area contributed by atoms with E-state index in [0.717, 1.165) is 45.3 Å². The van der Waals surface area contributed by atoms with Crippen LogP contribution in [-0.4, -0.2) is 41.8 Å². The molecule has 1 heterocycles. The number of nitrogens with zero attached hydrogens (tertiary/aromatic N) is 1. The molecule has 0 spiro atoms. The molecule has 3 nitrogen and oxygen atoms in total. The Labute approximate surface area is 129 Å². The third kappa shape index (κ3) is 4.80. The van der Waals surface area contributed by atoms with Gasteiger partial charge in [-0.3, -0.25) is 4.90 Å². The van der Waals surface area contributed by atoms with Gasteiger partial charge in [-0.2, -0.15) is 0 Å². The number of hydrogen-bond acceptors (Lipinski definition) is 3.